The summed E-state index contributed by atoms with van der Waals surface area (Å²) < 4.78 is 6.21. The second kappa shape index (κ2) is 6.64. The average Bonchev–Trinajstić information content (AvgIpc) is 2.19. The summed E-state index contributed by atoms with van der Waals surface area (Å²) in [6, 6.07) is 7.37. The van der Waals surface area contributed by atoms with Crippen molar-refractivity contribution in [2.24, 2.45) is 5.92 Å². The van der Waals surface area contributed by atoms with E-state index in [9.17, 15) is 4.79 Å². The van der Waals surface area contributed by atoms with Crippen molar-refractivity contribution in [1.82, 2.24) is 0 Å². The number of nitrogens with one attached hydrogen (secondary N) is 1. The molecule has 1 unspecified atom stereocenters. The van der Waals surface area contributed by atoms with E-state index < -0.39 is 6.09 Å². The summed E-state index contributed by atoms with van der Waals surface area (Å²) in [5.41, 5.74) is 0.731. The van der Waals surface area contributed by atoms with Gasteiger partial charge in [0.1, 0.15) is 6.10 Å². The largest absolute Gasteiger partial charge is 0.446 e. The third-order valence-corrected chi connectivity index (χ3v) is 2.73. The van der Waals surface area contributed by atoms with Crippen LogP contribution in [0.5, 0.6) is 0 Å². The number of ether oxygens (including phenoxy) is 1. The Hall–Kier alpha value is -1.03. The lowest BCUT2D eigenvalue weighted by Gasteiger charge is -2.15. The van der Waals surface area contributed by atoms with Crippen LogP contribution >= 0.6 is 15.9 Å². The van der Waals surface area contributed by atoms with E-state index in [0.717, 1.165) is 16.6 Å². The first kappa shape index (κ1) is 14.0. The van der Waals surface area contributed by atoms with Crippen molar-refractivity contribution in [3.8, 4) is 0 Å². The molecule has 0 bridgehead atoms. The fourth-order valence-electron chi connectivity index (χ4n) is 1.58. The Labute approximate surface area is 111 Å². The molecule has 0 heterocycles. The number of rotatable bonds is 4. The van der Waals surface area contributed by atoms with Gasteiger partial charge in [0.15, 0.2) is 0 Å². The predicted octanol–water partition coefficient (Wildman–Crippen LogP) is 4.43. The van der Waals surface area contributed by atoms with Crippen molar-refractivity contribution in [1.29, 1.82) is 0 Å². The van der Waals surface area contributed by atoms with Crippen LogP contribution in [0.15, 0.2) is 28.7 Å². The molecule has 1 atom stereocenters. The van der Waals surface area contributed by atoms with E-state index in [1.165, 1.54) is 0 Å². The van der Waals surface area contributed by atoms with Gasteiger partial charge < -0.3 is 4.74 Å². The molecule has 0 saturated carbocycles. The molecular formula is C13H18BrNO2. The summed E-state index contributed by atoms with van der Waals surface area (Å²) in [7, 11) is 0. The minimum atomic E-state index is -0.402. The zero-order valence-electron chi connectivity index (χ0n) is 10.4. The van der Waals surface area contributed by atoms with Crippen LogP contribution < -0.4 is 5.32 Å². The molecule has 0 aromatic heterocycles. The quantitative estimate of drug-likeness (QED) is 0.893. The second-order valence-electron chi connectivity index (χ2n) is 4.48. The van der Waals surface area contributed by atoms with E-state index in [2.05, 4.69) is 35.1 Å². The van der Waals surface area contributed by atoms with E-state index in [4.69, 9.17) is 4.74 Å². The highest BCUT2D eigenvalue weighted by atomic mass is 79.9. The molecule has 0 aliphatic carbocycles. The highest BCUT2D eigenvalue weighted by molar-refractivity contribution is 9.10. The van der Waals surface area contributed by atoms with Crippen molar-refractivity contribution in [2.45, 2.75) is 33.3 Å². The highest BCUT2D eigenvalue weighted by Crippen LogP contribution is 2.15. The summed E-state index contributed by atoms with van der Waals surface area (Å²) in [4.78, 5) is 11.5. The maximum absolute atomic E-state index is 11.5. The van der Waals surface area contributed by atoms with Crippen LogP contribution in [0.25, 0.3) is 0 Å². The first-order valence-corrected chi connectivity index (χ1v) is 6.50. The Morgan fingerprint density at radius 1 is 1.29 bits per heavy atom. The number of amides is 1. The lowest BCUT2D eigenvalue weighted by atomic mass is 10.1. The van der Waals surface area contributed by atoms with Crippen molar-refractivity contribution in [3.63, 3.8) is 0 Å². The predicted molar refractivity (Wildman–Crippen MR) is 73.2 cm³/mol. The lowest BCUT2D eigenvalue weighted by Crippen LogP contribution is -2.21. The highest BCUT2D eigenvalue weighted by Gasteiger charge is 2.10. The van der Waals surface area contributed by atoms with Crippen molar-refractivity contribution < 1.29 is 9.53 Å². The monoisotopic (exact) mass is 299 g/mol. The summed E-state index contributed by atoms with van der Waals surface area (Å²) in [5, 5.41) is 2.69. The number of hydrogen-bond donors (Lipinski definition) is 1. The third-order valence-electron chi connectivity index (χ3n) is 2.20. The molecular weight excluding hydrogens is 282 g/mol. The van der Waals surface area contributed by atoms with Gasteiger partial charge in [0.2, 0.25) is 0 Å². The number of benzene rings is 1. The van der Waals surface area contributed by atoms with Gasteiger partial charge in [0.25, 0.3) is 0 Å². The van der Waals surface area contributed by atoms with Crippen LogP contribution in [0.1, 0.15) is 27.2 Å². The molecule has 17 heavy (non-hydrogen) atoms. The fraction of sp³-hybridized carbons (Fsp3) is 0.462. The molecule has 0 aliphatic heterocycles. The maximum Gasteiger partial charge on any atom is 0.411 e. The van der Waals surface area contributed by atoms with Gasteiger partial charge in [-0.25, -0.2) is 4.79 Å². The van der Waals surface area contributed by atoms with Gasteiger partial charge in [-0.05, 0) is 43.5 Å². The Bertz CT molecular complexity index is 362. The number of carbonyl (C=O) groups is 1. The summed E-state index contributed by atoms with van der Waals surface area (Å²) in [5.74, 6) is 0.519. The minimum Gasteiger partial charge on any atom is -0.446 e. The third kappa shape index (κ3) is 5.73. The van der Waals surface area contributed by atoms with Crippen molar-refractivity contribution in [2.75, 3.05) is 5.32 Å². The zero-order valence-corrected chi connectivity index (χ0v) is 12.0. The van der Waals surface area contributed by atoms with E-state index in [1.54, 1.807) is 0 Å². The van der Waals surface area contributed by atoms with Crippen LogP contribution in [0.3, 0.4) is 0 Å². The molecule has 1 amide bonds. The molecule has 3 nitrogen and oxygen atoms in total. The standard InChI is InChI=1S/C13H18BrNO2/c1-9(2)8-10(3)17-13(16)15-12-6-4-11(14)5-7-12/h4-7,9-10H,8H2,1-3H3,(H,15,16). The van der Waals surface area contributed by atoms with Gasteiger partial charge in [0, 0.05) is 10.2 Å². The Morgan fingerprint density at radius 3 is 2.41 bits per heavy atom. The Kier molecular flexibility index (Phi) is 5.48. The molecule has 0 saturated heterocycles. The average molecular weight is 300 g/mol. The van der Waals surface area contributed by atoms with Crippen molar-refractivity contribution in [3.05, 3.63) is 28.7 Å². The summed E-state index contributed by atoms with van der Waals surface area (Å²) >= 11 is 3.34. The lowest BCUT2D eigenvalue weighted by molar-refractivity contribution is 0.108. The first-order valence-electron chi connectivity index (χ1n) is 5.70. The van der Waals surface area contributed by atoms with Gasteiger partial charge in [-0.15, -0.1) is 0 Å². The van der Waals surface area contributed by atoms with E-state index >= 15 is 0 Å². The van der Waals surface area contributed by atoms with E-state index in [1.807, 2.05) is 31.2 Å². The molecule has 4 heteroatoms. The molecule has 1 N–H and O–H groups in total. The van der Waals surface area contributed by atoms with Crippen LogP contribution in [-0.4, -0.2) is 12.2 Å². The van der Waals surface area contributed by atoms with Crippen LogP contribution in [0.4, 0.5) is 10.5 Å². The molecule has 0 fully saturated rings. The number of halogens is 1. The molecule has 94 valence electrons. The molecule has 0 spiro atoms. The molecule has 1 rings (SSSR count). The number of anilines is 1. The number of carbonyl (C=O) groups excluding carboxylic acids is 1. The van der Waals surface area contributed by atoms with Crippen LogP contribution in [-0.2, 0) is 4.74 Å². The van der Waals surface area contributed by atoms with Crippen LogP contribution in [0, 0.1) is 5.92 Å². The normalized spacial score (nSPS) is 12.3. The van der Waals surface area contributed by atoms with Gasteiger partial charge in [-0.3, -0.25) is 5.32 Å². The summed E-state index contributed by atoms with van der Waals surface area (Å²) in [6.45, 7) is 6.11. The first-order chi connectivity index (χ1) is 7.97. The number of hydrogen-bond acceptors (Lipinski definition) is 2. The Balaban J connectivity index is 2.41. The molecule has 0 aliphatic rings. The van der Waals surface area contributed by atoms with Gasteiger partial charge in [0.05, 0.1) is 0 Å². The minimum absolute atomic E-state index is 0.0644. The van der Waals surface area contributed by atoms with E-state index in [0.29, 0.717) is 5.92 Å². The second-order valence-corrected chi connectivity index (χ2v) is 5.39. The molecule has 1 aromatic carbocycles. The maximum atomic E-state index is 11.5. The zero-order chi connectivity index (χ0) is 12.8. The summed E-state index contributed by atoms with van der Waals surface area (Å²) in [6.07, 6.45) is 0.402. The topological polar surface area (TPSA) is 38.3 Å². The van der Waals surface area contributed by atoms with Gasteiger partial charge in [-0.1, -0.05) is 29.8 Å². The molecule has 1 aromatic rings. The SMILES string of the molecule is CC(C)CC(C)OC(=O)Nc1ccc(Br)cc1. The van der Waals surface area contributed by atoms with Gasteiger partial charge in [-0.2, -0.15) is 0 Å². The Morgan fingerprint density at radius 2 is 1.88 bits per heavy atom. The smallest absolute Gasteiger partial charge is 0.411 e. The van der Waals surface area contributed by atoms with Crippen molar-refractivity contribution >= 4 is 27.7 Å². The van der Waals surface area contributed by atoms with Gasteiger partial charge >= 0.3 is 6.09 Å². The molecule has 0 radical (unpaired) electrons. The van der Waals surface area contributed by atoms with E-state index in [-0.39, 0.29) is 6.10 Å². The fourth-order valence-corrected chi connectivity index (χ4v) is 1.84. The van der Waals surface area contributed by atoms with Crippen LogP contribution in [0.2, 0.25) is 0 Å².